The van der Waals surface area contributed by atoms with Gasteiger partial charge in [-0.1, -0.05) is 11.2 Å². The van der Waals surface area contributed by atoms with E-state index in [4.69, 9.17) is 4.52 Å². The number of carbonyl (C=O) groups is 1. The number of nitrogens with one attached hydrogen (secondary N) is 1. The van der Waals surface area contributed by atoms with Crippen molar-refractivity contribution in [1.82, 2.24) is 25.3 Å². The van der Waals surface area contributed by atoms with Crippen LogP contribution in [-0.2, 0) is 13.1 Å². The zero-order chi connectivity index (χ0) is 17.8. The lowest BCUT2D eigenvalue weighted by Gasteiger charge is -2.28. The Morgan fingerprint density at radius 1 is 1.60 bits per heavy atom. The fourth-order valence-electron chi connectivity index (χ4n) is 3.01. The number of halogens is 1. The van der Waals surface area contributed by atoms with Gasteiger partial charge in [-0.3, -0.25) is 4.90 Å². The average Bonchev–Trinajstić information content (AvgIpc) is 3.29. The number of likely N-dealkylation sites (N-methyl/N-ethyl adjacent to an activating group) is 1. The van der Waals surface area contributed by atoms with Crippen LogP contribution >= 0.6 is 11.3 Å². The smallest absolute Gasteiger partial charge is 0.317 e. The molecular formula is C16H22FN5O2S. The first-order valence-electron chi connectivity index (χ1n) is 8.20. The molecule has 2 amide bonds. The fourth-order valence-corrected chi connectivity index (χ4v) is 3.74. The Morgan fingerprint density at radius 3 is 3.12 bits per heavy atom. The van der Waals surface area contributed by atoms with Gasteiger partial charge in [-0.05, 0) is 17.9 Å². The third-order valence-electron chi connectivity index (χ3n) is 4.21. The SMILES string of the molecule is Cc1nc(CNC(=O)N(C)C[C@@H]2C[C@H](F)CN2Cc2cccs2)no1. The number of amides is 2. The lowest BCUT2D eigenvalue weighted by atomic mass is 10.2. The van der Waals surface area contributed by atoms with Gasteiger partial charge < -0.3 is 14.7 Å². The Labute approximate surface area is 149 Å². The molecule has 2 aromatic rings. The molecule has 0 aromatic carbocycles. The van der Waals surface area contributed by atoms with Crippen LogP contribution in [0.15, 0.2) is 22.0 Å². The van der Waals surface area contributed by atoms with E-state index < -0.39 is 6.17 Å². The molecule has 3 rings (SSSR count). The molecule has 1 N–H and O–H groups in total. The molecule has 2 atom stereocenters. The zero-order valence-electron chi connectivity index (χ0n) is 14.3. The number of thiophene rings is 1. The first kappa shape index (κ1) is 17.8. The summed E-state index contributed by atoms with van der Waals surface area (Å²) < 4.78 is 18.8. The quantitative estimate of drug-likeness (QED) is 0.847. The summed E-state index contributed by atoms with van der Waals surface area (Å²) in [5.74, 6) is 0.894. The Hall–Kier alpha value is -2.00. The molecule has 0 aliphatic carbocycles. The predicted molar refractivity (Wildman–Crippen MR) is 91.9 cm³/mol. The number of nitrogens with zero attached hydrogens (tertiary/aromatic N) is 4. The molecule has 7 nitrogen and oxygen atoms in total. The van der Waals surface area contributed by atoms with Crippen molar-refractivity contribution in [2.75, 3.05) is 20.1 Å². The normalized spacial score (nSPS) is 20.8. The summed E-state index contributed by atoms with van der Waals surface area (Å²) in [6.45, 7) is 3.51. The van der Waals surface area contributed by atoms with Gasteiger partial charge in [0.2, 0.25) is 5.89 Å². The van der Waals surface area contributed by atoms with Crippen molar-refractivity contribution < 1.29 is 13.7 Å². The molecular weight excluding hydrogens is 345 g/mol. The summed E-state index contributed by atoms with van der Waals surface area (Å²) in [7, 11) is 1.71. The van der Waals surface area contributed by atoms with Gasteiger partial charge >= 0.3 is 6.03 Å². The molecule has 0 radical (unpaired) electrons. The van der Waals surface area contributed by atoms with Gasteiger partial charge in [0, 0.05) is 44.5 Å². The minimum absolute atomic E-state index is 0.0141. The molecule has 0 saturated carbocycles. The van der Waals surface area contributed by atoms with Crippen molar-refractivity contribution in [3.05, 3.63) is 34.1 Å². The van der Waals surface area contributed by atoms with Crippen LogP contribution < -0.4 is 5.32 Å². The Morgan fingerprint density at radius 2 is 2.44 bits per heavy atom. The molecule has 1 fully saturated rings. The van der Waals surface area contributed by atoms with Crippen LogP contribution in [0.3, 0.4) is 0 Å². The van der Waals surface area contributed by atoms with Crippen LogP contribution in [0, 0.1) is 6.92 Å². The van der Waals surface area contributed by atoms with E-state index in [9.17, 15) is 9.18 Å². The number of likely N-dealkylation sites (tertiary alicyclic amines) is 1. The van der Waals surface area contributed by atoms with Crippen molar-refractivity contribution in [2.24, 2.45) is 0 Å². The number of urea groups is 1. The van der Waals surface area contributed by atoms with E-state index in [1.165, 1.54) is 4.88 Å². The molecule has 1 saturated heterocycles. The molecule has 0 unspecified atom stereocenters. The second-order valence-electron chi connectivity index (χ2n) is 6.26. The van der Waals surface area contributed by atoms with E-state index >= 15 is 0 Å². The minimum atomic E-state index is -0.844. The van der Waals surface area contributed by atoms with E-state index in [0.29, 0.717) is 31.2 Å². The zero-order valence-corrected chi connectivity index (χ0v) is 15.1. The van der Waals surface area contributed by atoms with Crippen LogP contribution in [0.2, 0.25) is 0 Å². The predicted octanol–water partition coefficient (Wildman–Crippen LogP) is 2.19. The van der Waals surface area contributed by atoms with Crippen LogP contribution in [0.5, 0.6) is 0 Å². The van der Waals surface area contributed by atoms with Gasteiger partial charge in [0.15, 0.2) is 5.82 Å². The minimum Gasteiger partial charge on any atom is -0.340 e. The Balaban J connectivity index is 1.51. The molecule has 0 spiro atoms. The second-order valence-corrected chi connectivity index (χ2v) is 7.30. The Bertz CT molecular complexity index is 693. The number of aryl methyl sites for hydroxylation is 1. The number of hydrogen-bond donors (Lipinski definition) is 1. The number of aromatic nitrogens is 2. The highest BCUT2D eigenvalue weighted by molar-refractivity contribution is 7.09. The summed E-state index contributed by atoms with van der Waals surface area (Å²) in [6, 6.07) is 3.83. The second kappa shape index (κ2) is 7.92. The highest BCUT2D eigenvalue weighted by Crippen LogP contribution is 2.24. The van der Waals surface area contributed by atoms with Crippen LogP contribution in [0.4, 0.5) is 9.18 Å². The summed E-state index contributed by atoms with van der Waals surface area (Å²) in [5.41, 5.74) is 0. The summed E-state index contributed by atoms with van der Waals surface area (Å²) in [6.07, 6.45) is -0.392. The lowest BCUT2D eigenvalue weighted by molar-refractivity contribution is 0.175. The van der Waals surface area contributed by atoms with Gasteiger partial charge in [0.1, 0.15) is 6.17 Å². The Kier molecular flexibility index (Phi) is 5.64. The van der Waals surface area contributed by atoms with E-state index in [0.717, 1.165) is 6.54 Å². The van der Waals surface area contributed by atoms with Crippen molar-refractivity contribution >= 4 is 17.4 Å². The average molecular weight is 367 g/mol. The van der Waals surface area contributed by atoms with Gasteiger partial charge in [0.05, 0.1) is 6.54 Å². The van der Waals surface area contributed by atoms with Crippen LogP contribution in [-0.4, -0.2) is 58.3 Å². The topological polar surface area (TPSA) is 74.5 Å². The molecule has 1 aliphatic heterocycles. The van der Waals surface area contributed by atoms with E-state index in [1.54, 1.807) is 30.2 Å². The molecule has 25 heavy (non-hydrogen) atoms. The van der Waals surface area contributed by atoms with Crippen molar-refractivity contribution in [1.29, 1.82) is 0 Å². The molecule has 136 valence electrons. The number of hydrogen-bond acceptors (Lipinski definition) is 6. The van der Waals surface area contributed by atoms with Gasteiger partial charge in [-0.2, -0.15) is 4.98 Å². The largest absolute Gasteiger partial charge is 0.340 e. The van der Waals surface area contributed by atoms with Gasteiger partial charge in [-0.25, -0.2) is 9.18 Å². The van der Waals surface area contributed by atoms with Crippen molar-refractivity contribution in [2.45, 2.75) is 38.6 Å². The maximum atomic E-state index is 13.9. The monoisotopic (exact) mass is 367 g/mol. The maximum absolute atomic E-state index is 13.9. The highest BCUT2D eigenvalue weighted by Gasteiger charge is 2.33. The number of rotatable bonds is 6. The number of carbonyl (C=O) groups excluding carboxylic acids is 1. The molecule has 1 aliphatic rings. The maximum Gasteiger partial charge on any atom is 0.317 e. The summed E-state index contributed by atoms with van der Waals surface area (Å²) in [4.78, 5) is 21.2. The van der Waals surface area contributed by atoms with E-state index in [1.807, 2.05) is 11.4 Å². The summed E-state index contributed by atoms with van der Waals surface area (Å²) >= 11 is 1.67. The highest BCUT2D eigenvalue weighted by atomic mass is 32.1. The van der Waals surface area contributed by atoms with Gasteiger partial charge in [0.25, 0.3) is 0 Å². The fraction of sp³-hybridized carbons (Fsp3) is 0.562. The first-order valence-corrected chi connectivity index (χ1v) is 9.08. The molecule has 9 heteroatoms. The van der Waals surface area contributed by atoms with Gasteiger partial charge in [-0.15, -0.1) is 11.3 Å². The third kappa shape index (κ3) is 4.76. The van der Waals surface area contributed by atoms with Crippen LogP contribution in [0.1, 0.15) is 23.0 Å². The van der Waals surface area contributed by atoms with Crippen LogP contribution in [0.25, 0.3) is 0 Å². The van der Waals surface area contributed by atoms with Crippen molar-refractivity contribution in [3.63, 3.8) is 0 Å². The molecule has 0 bridgehead atoms. The third-order valence-corrected chi connectivity index (χ3v) is 5.08. The first-order chi connectivity index (χ1) is 12.0. The lowest BCUT2D eigenvalue weighted by Crippen LogP contribution is -2.44. The molecule has 2 aromatic heterocycles. The summed E-state index contributed by atoms with van der Waals surface area (Å²) in [5, 5.41) is 8.51. The van der Waals surface area contributed by atoms with E-state index in [-0.39, 0.29) is 18.6 Å². The number of alkyl halides is 1. The van der Waals surface area contributed by atoms with E-state index in [2.05, 4.69) is 26.4 Å². The van der Waals surface area contributed by atoms with Crippen molar-refractivity contribution in [3.8, 4) is 0 Å². The standard InChI is InChI=1S/C16H22FN5O2S/c1-11-19-15(20-24-11)7-18-16(23)21(2)9-13-6-12(17)8-22(13)10-14-4-3-5-25-14/h3-5,12-13H,6-10H2,1-2H3,(H,18,23)/t12-,13-/m0/s1. The molecule has 3 heterocycles.